The van der Waals surface area contributed by atoms with E-state index < -0.39 is 6.10 Å². The van der Waals surface area contributed by atoms with Crippen molar-refractivity contribution in [3.63, 3.8) is 0 Å². The number of nitrogens with one attached hydrogen (secondary N) is 2. The SMILES string of the molecule is CC1CCC(CNC(=O)Nc2cccc(C(C)O)c2)C1. The predicted molar refractivity (Wildman–Crippen MR) is 80.6 cm³/mol. The average molecular weight is 276 g/mol. The third kappa shape index (κ3) is 4.23. The van der Waals surface area contributed by atoms with Crippen LogP contribution < -0.4 is 10.6 Å². The fourth-order valence-electron chi connectivity index (χ4n) is 2.80. The molecular formula is C16H24N2O2. The van der Waals surface area contributed by atoms with Crippen LogP contribution in [0.1, 0.15) is 44.8 Å². The first-order valence-electron chi connectivity index (χ1n) is 7.37. The first kappa shape index (κ1) is 14.9. The lowest BCUT2D eigenvalue weighted by molar-refractivity contribution is 0.199. The van der Waals surface area contributed by atoms with E-state index in [1.54, 1.807) is 13.0 Å². The number of amides is 2. The van der Waals surface area contributed by atoms with Gasteiger partial charge in [0.2, 0.25) is 0 Å². The summed E-state index contributed by atoms with van der Waals surface area (Å²) in [6, 6.07) is 7.11. The Bertz CT molecular complexity index is 460. The van der Waals surface area contributed by atoms with Crippen molar-refractivity contribution in [1.29, 1.82) is 0 Å². The number of anilines is 1. The van der Waals surface area contributed by atoms with Gasteiger partial charge in [0.1, 0.15) is 0 Å². The molecule has 0 aromatic heterocycles. The van der Waals surface area contributed by atoms with Gasteiger partial charge in [-0.3, -0.25) is 0 Å². The first-order chi connectivity index (χ1) is 9.54. The Morgan fingerprint density at radius 2 is 2.25 bits per heavy atom. The van der Waals surface area contributed by atoms with E-state index in [-0.39, 0.29) is 6.03 Å². The molecule has 3 unspecified atom stereocenters. The summed E-state index contributed by atoms with van der Waals surface area (Å²) < 4.78 is 0. The highest BCUT2D eigenvalue weighted by Gasteiger charge is 2.21. The number of carbonyl (C=O) groups excluding carboxylic acids is 1. The fraction of sp³-hybridized carbons (Fsp3) is 0.562. The fourth-order valence-corrected chi connectivity index (χ4v) is 2.80. The summed E-state index contributed by atoms with van der Waals surface area (Å²) in [5.74, 6) is 1.40. The molecule has 0 heterocycles. The van der Waals surface area contributed by atoms with Crippen LogP contribution in [-0.4, -0.2) is 17.7 Å². The number of hydrogen-bond donors (Lipinski definition) is 3. The summed E-state index contributed by atoms with van der Waals surface area (Å²) in [6.07, 6.45) is 3.15. The maximum Gasteiger partial charge on any atom is 0.319 e. The van der Waals surface area contributed by atoms with Crippen molar-refractivity contribution in [3.8, 4) is 0 Å². The van der Waals surface area contributed by atoms with E-state index in [0.29, 0.717) is 11.6 Å². The van der Waals surface area contributed by atoms with Gasteiger partial charge in [-0.2, -0.15) is 0 Å². The Morgan fingerprint density at radius 3 is 2.90 bits per heavy atom. The van der Waals surface area contributed by atoms with Crippen molar-refractivity contribution in [2.75, 3.05) is 11.9 Å². The first-order valence-corrected chi connectivity index (χ1v) is 7.37. The molecule has 2 amide bonds. The molecule has 0 aliphatic heterocycles. The quantitative estimate of drug-likeness (QED) is 0.790. The number of carbonyl (C=O) groups is 1. The van der Waals surface area contributed by atoms with Gasteiger partial charge in [-0.25, -0.2) is 4.79 Å². The number of aliphatic hydroxyl groups is 1. The number of aliphatic hydroxyl groups excluding tert-OH is 1. The van der Waals surface area contributed by atoms with Crippen molar-refractivity contribution < 1.29 is 9.90 Å². The van der Waals surface area contributed by atoms with Gasteiger partial charge in [0, 0.05) is 12.2 Å². The second-order valence-corrected chi connectivity index (χ2v) is 5.92. The molecule has 1 aromatic carbocycles. The van der Waals surface area contributed by atoms with E-state index in [0.717, 1.165) is 18.0 Å². The van der Waals surface area contributed by atoms with Crippen LogP contribution >= 0.6 is 0 Å². The summed E-state index contributed by atoms with van der Waals surface area (Å²) >= 11 is 0. The molecule has 0 radical (unpaired) electrons. The van der Waals surface area contributed by atoms with Crippen LogP contribution in [0.5, 0.6) is 0 Å². The molecule has 4 heteroatoms. The maximum atomic E-state index is 11.8. The van der Waals surface area contributed by atoms with E-state index in [1.807, 2.05) is 18.2 Å². The van der Waals surface area contributed by atoms with Crippen LogP contribution in [0.25, 0.3) is 0 Å². The molecule has 3 N–H and O–H groups in total. The monoisotopic (exact) mass is 276 g/mol. The van der Waals surface area contributed by atoms with Crippen LogP contribution in [0.3, 0.4) is 0 Å². The standard InChI is InChI=1S/C16H24N2O2/c1-11-6-7-13(8-11)10-17-16(20)18-15-5-3-4-14(9-15)12(2)19/h3-5,9,11-13,19H,6-8,10H2,1-2H3,(H2,17,18,20). The predicted octanol–water partition coefficient (Wildman–Crippen LogP) is 3.30. The molecule has 1 aromatic rings. The minimum absolute atomic E-state index is 0.174. The van der Waals surface area contributed by atoms with Gasteiger partial charge < -0.3 is 15.7 Å². The molecule has 1 aliphatic carbocycles. The zero-order valence-electron chi connectivity index (χ0n) is 12.2. The van der Waals surface area contributed by atoms with E-state index in [2.05, 4.69) is 17.6 Å². The van der Waals surface area contributed by atoms with Gasteiger partial charge in [-0.05, 0) is 49.3 Å². The number of urea groups is 1. The van der Waals surface area contributed by atoms with Gasteiger partial charge in [0.05, 0.1) is 6.10 Å². The lowest BCUT2D eigenvalue weighted by Gasteiger charge is -2.13. The van der Waals surface area contributed by atoms with Crippen LogP contribution in [-0.2, 0) is 0 Å². The summed E-state index contributed by atoms with van der Waals surface area (Å²) in [6.45, 7) is 4.72. The van der Waals surface area contributed by atoms with Gasteiger partial charge in [-0.15, -0.1) is 0 Å². The van der Waals surface area contributed by atoms with E-state index in [9.17, 15) is 9.90 Å². The summed E-state index contributed by atoms with van der Waals surface area (Å²) in [5, 5.41) is 15.3. The zero-order chi connectivity index (χ0) is 14.5. The van der Waals surface area contributed by atoms with Crippen LogP contribution in [0.15, 0.2) is 24.3 Å². The lowest BCUT2D eigenvalue weighted by Crippen LogP contribution is -2.32. The molecule has 0 spiro atoms. The van der Waals surface area contributed by atoms with Crippen LogP contribution in [0.2, 0.25) is 0 Å². The maximum absolute atomic E-state index is 11.8. The van der Waals surface area contributed by atoms with Gasteiger partial charge >= 0.3 is 6.03 Å². The molecular weight excluding hydrogens is 252 g/mol. The summed E-state index contributed by atoms with van der Waals surface area (Å²) in [4.78, 5) is 11.8. The third-order valence-corrected chi connectivity index (χ3v) is 3.98. The Kier molecular flexibility index (Phi) is 5.01. The Hall–Kier alpha value is -1.55. The van der Waals surface area contributed by atoms with Crippen molar-refractivity contribution in [2.24, 2.45) is 11.8 Å². The Morgan fingerprint density at radius 1 is 1.45 bits per heavy atom. The average Bonchev–Trinajstić information content (AvgIpc) is 2.82. The second kappa shape index (κ2) is 6.75. The second-order valence-electron chi connectivity index (χ2n) is 5.92. The topological polar surface area (TPSA) is 61.4 Å². The molecule has 110 valence electrons. The van der Waals surface area contributed by atoms with Gasteiger partial charge in [0.25, 0.3) is 0 Å². The van der Waals surface area contributed by atoms with Gasteiger partial charge in [0.15, 0.2) is 0 Å². The molecule has 2 rings (SSSR count). The molecule has 3 atom stereocenters. The highest BCUT2D eigenvalue weighted by atomic mass is 16.3. The highest BCUT2D eigenvalue weighted by molar-refractivity contribution is 5.89. The minimum atomic E-state index is -0.528. The van der Waals surface area contributed by atoms with Crippen molar-refractivity contribution in [2.45, 2.75) is 39.2 Å². The molecule has 1 aliphatic rings. The smallest absolute Gasteiger partial charge is 0.319 e. The minimum Gasteiger partial charge on any atom is -0.389 e. The van der Waals surface area contributed by atoms with Crippen LogP contribution in [0.4, 0.5) is 10.5 Å². The van der Waals surface area contributed by atoms with E-state index in [4.69, 9.17) is 0 Å². The summed E-state index contributed by atoms with van der Waals surface area (Å²) in [7, 11) is 0. The Balaban J connectivity index is 1.80. The number of rotatable bonds is 4. The number of hydrogen-bond acceptors (Lipinski definition) is 2. The number of benzene rings is 1. The Labute approximate surface area is 120 Å². The van der Waals surface area contributed by atoms with E-state index >= 15 is 0 Å². The van der Waals surface area contributed by atoms with E-state index in [1.165, 1.54) is 19.3 Å². The third-order valence-electron chi connectivity index (χ3n) is 3.98. The molecule has 1 fully saturated rings. The zero-order valence-corrected chi connectivity index (χ0v) is 12.2. The largest absolute Gasteiger partial charge is 0.389 e. The molecule has 0 saturated heterocycles. The van der Waals surface area contributed by atoms with Crippen molar-refractivity contribution in [3.05, 3.63) is 29.8 Å². The van der Waals surface area contributed by atoms with Crippen LogP contribution in [0, 0.1) is 11.8 Å². The lowest BCUT2D eigenvalue weighted by atomic mass is 10.1. The normalized spacial score (nSPS) is 23.4. The molecule has 20 heavy (non-hydrogen) atoms. The molecule has 1 saturated carbocycles. The molecule has 4 nitrogen and oxygen atoms in total. The van der Waals surface area contributed by atoms with Crippen molar-refractivity contribution in [1.82, 2.24) is 5.32 Å². The van der Waals surface area contributed by atoms with Crippen molar-refractivity contribution >= 4 is 11.7 Å². The highest BCUT2D eigenvalue weighted by Crippen LogP contribution is 2.29. The summed E-state index contributed by atoms with van der Waals surface area (Å²) in [5.41, 5.74) is 1.51. The van der Waals surface area contributed by atoms with Gasteiger partial charge in [-0.1, -0.05) is 25.5 Å². The molecule has 0 bridgehead atoms.